The number of nitrogens with one attached hydrogen (secondary N) is 1. The Morgan fingerprint density at radius 2 is 2.46 bits per heavy atom. The normalized spacial score (nSPS) is 29.5. The van der Waals surface area contributed by atoms with E-state index in [0.29, 0.717) is 6.42 Å². The van der Waals surface area contributed by atoms with Crippen LogP contribution < -0.4 is 5.32 Å². The topological polar surface area (TPSA) is 55.4 Å². The van der Waals surface area contributed by atoms with Crippen LogP contribution >= 0.6 is 11.8 Å². The number of hydrogen-bond donors (Lipinski definition) is 1. The van der Waals surface area contributed by atoms with Gasteiger partial charge < -0.3 is 4.74 Å². The molecule has 0 spiro atoms. The summed E-state index contributed by atoms with van der Waals surface area (Å²) in [5.41, 5.74) is 0. The van der Waals surface area contributed by atoms with Crippen molar-refractivity contribution in [2.75, 3.05) is 0 Å². The number of carbonyl (C=O) groups excluding carboxylic acids is 2. The first-order valence-corrected chi connectivity index (χ1v) is 4.67. The molecule has 13 heavy (non-hydrogen) atoms. The molecule has 2 amide bonds. The Bertz CT molecular complexity index is 311. The van der Waals surface area contributed by atoms with Gasteiger partial charge >= 0.3 is 0 Å². The summed E-state index contributed by atoms with van der Waals surface area (Å²) in [6, 6.07) is 0. The quantitative estimate of drug-likeness (QED) is 0.685. The molecule has 1 fully saturated rings. The van der Waals surface area contributed by atoms with E-state index in [1.54, 1.807) is 12.3 Å². The van der Waals surface area contributed by atoms with E-state index < -0.39 is 5.25 Å². The van der Waals surface area contributed by atoms with Gasteiger partial charge in [0.15, 0.2) is 0 Å². The van der Waals surface area contributed by atoms with E-state index in [2.05, 4.69) is 5.32 Å². The Morgan fingerprint density at radius 3 is 3.00 bits per heavy atom. The first kappa shape index (κ1) is 8.37. The zero-order valence-electron chi connectivity index (χ0n) is 6.65. The van der Waals surface area contributed by atoms with Crippen LogP contribution in [0.3, 0.4) is 0 Å². The maximum atomic E-state index is 11.1. The van der Waals surface area contributed by atoms with E-state index in [-0.39, 0.29) is 11.1 Å². The van der Waals surface area contributed by atoms with Gasteiger partial charge in [0.2, 0.25) is 5.91 Å². The molecule has 0 aromatic heterocycles. The number of carbonyl (C=O) groups is 2. The van der Waals surface area contributed by atoms with Gasteiger partial charge in [0.05, 0.1) is 6.26 Å². The third-order valence-corrected chi connectivity index (χ3v) is 2.61. The van der Waals surface area contributed by atoms with E-state index in [1.807, 2.05) is 6.08 Å². The molecular formula is C8H7NO3S. The largest absolute Gasteiger partial charge is 0.470 e. The lowest BCUT2D eigenvalue weighted by molar-refractivity contribution is -0.118. The molecule has 2 rings (SSSR count). The highest BCUT2D eigenvalue weighted by Crippen LogP contribution is 2.24. The highest BCUT2D eigenvalue weighted by Gasteiger charge is 2.30. The van der Waals surface area contributed by atoms with Crippen LogP contribution in [0.15, 0.2) is 24.2 Å². The van der Waals surface area contributed by atoms with Gasteiger partial charge in [-0.15, -0.1) is 0 Å². The summed E-state index contributed by atoms with van der Waals surface area (Å²) in [7, 11) is 0. The SMILES string of the molecule is O=C1NC(=O)C(C=C2CC=CO2)S1. The van der Waals surface area contributed by atoms with Gasteiger partial charge in [0, 0.05) is 6.42 Å². The monoisotopic (exact) mass is 197 g/mol. The zero-order chi connectivity index (χ0) is 9.26. The van der Waals surface area contributed by atoms with E-state index in [0.717, 1.165) is 17.5 Å². The summed E-state index contributed by atoms with van der Waals surface area (Å²) in [5.74, 6) is 0.459. The molecule has 1 N–H and O–H groups in total. The molecule has 1 saturated heterocycles. The zero-order valence-corrected chi connectivity index (χ0v) is 7.47. The second-order valence-corrected chi connectivity index (χ2v) is 3.76. The van der Waals surface area contributed by atoms with Crippen LogP contribution in [0.2, 0.25) is 0 Å². The molecule has 2 aliphatic rings. The van der Waals surface area contributed by atoms with E-state index in [9.17, 15) is 9.59 Å². The smallest absolute Gasteiger partial charge is 0.286 e. The van der Waals surface area contributed by atoms with E-state index in [4.69, 9.17) is 4.74 Å². The van der Waals surface area contributed by atoms with Crippen LogP contribution in [0, 0.1) is 0 Å². The number of thioether (sulfide) groups is 1. The summed E-state index contributed by atoms with van der Waals surface area (Å²) in [6.45, 7) is 0. The Kier molecular flexibility index (Phi) is 2.10. The predicted octanol–water partition coefficient (Wildman–Crippen LogP) is 1.16. The van der Waals surface area contributed by atoms with Crippen molar-refractivity contribution in [3.05, 3.63) is 24.2 Å². The lowest BCUT2D eigenvalue weighted by Gasteiger charge is -1.99. The molecule has 2 aliphatic heterocycles. The molecule has 4 nitrogen and oxygen atoms in total. The van der Waals surface area contributed by atoms with E-state index >= 15 is 0 Å². The van der Waals surface area contributed by atoms with Crippen LogP contribution in [-0.4, -0.2) is 16.4 Å². The minimum Gasteiger partial charge on any atom is -0.470 e. The van der Waals surface area contributed by atoms with Gasteiger partial charge in [0.25, 0.3) is 5.24 Å². The first-order chi connectivity index (χ1) is 6.25. The van der Waals surface area contributed by atoms with Crippen molar-refractivity contribution in [1.29, 1.82) is 0 Å². The molecule has 0 radical (unpaired) electrons. The molecular weight excluding hydrogens is 190 g/mol. The standard InChI is InChI=1S/C8H7NO3S/c10-7-6(13-8(11)9-7)4-5-2-1-3-12-5/h1,3-4,6H,2H2,(H,9,10,11). The molecule has 1 atom stereocenters. The molecule has 68 valence electrons. The fourth-order valence-electron chi connectivity index (χ4n) is 1.10. The Morgan fingerprint density at radius 1 is 1.62 bits per heavy atom. The number of allylic oxidation sites excluding steroid dienone is 1. The third-order valence-electron chi connectivity index (χ3n) is 1.69. The summed E-state index contributed by atoms with van der Waals surface area (Å²) in [6.07, 6.45) is 5.79. The van der Waals surface area contributed by atoms with Gasteiger partial charge in [-0.25, -0.2) is 0 Å². The molecule has 1 unspecified atom stereocenters. The van der Waals surface area contributed by atoms with Crippen molar-refractivity contribution in [2.24, 2.45) is 0 Å². The lowest BCUT2D eigenvalue weighted by Crippen LogP contribution is -2.23. The maximum absolute atomic E-state index is 11.1. The molecule has 0 bridgehead atoms. The average Bonchev–Trinajstić information content (AvgIpc) is 2.63. The molecule has 5 heteroatoms. The number of amides is 2. The predicted molar refractivity (Wildman–Crippen MR) is 47.8 cm³/mol. The number of hydrogen-bond acceptors (Lipinski definition) is 4. The maximum Gasteiger partial charge on any atom is 0.286 e. The Hall–Kier alpha value is -1.23. The van der Waals surface area contributed by atoms with Crippen molar-refractivity contribution < 1.29 is 14.3 Å². The van der Waals surface area contributed by atoms with Crippen LogP contribution in [-0.2, 0) is 9.53 Å². The summed E-state index contributed by atoms with van der Waals surface area (Å²) < 4.78 is 5.07. The number of imide groups is 1. The minimum atomic E-state index is -0.428. The van der Waals surface area contributed by atoms with Crippen molar-refractivity contribution in [2.45, 2.75) is 11.7 Å². The van der Waals surface area contributed by atoms with E-state index in [1.165, 1.54) is 0 Å². The number of rotatable bonds is 1. The minimum absolute atomic E-state index is 0.266. The first-order valence-electron chi connectivity index (χ1n) is 3.79. The third kappa shape index (κ3) is 1.75. The second-order valence-electron chi connectivity index (χ2n) is 2.64. The van der Waals surface area contributed by atoms with Crippen LogP contribution in [0.5, 0.6) is 0 Å². The van der Waals surface area contributed by atoms with Crippen LogP contribution in [0.1, 0.15) is 6.42 Å². The Labute approximate surface area is 79.0 Å². The van der Waals surface area contributed by atoms with Gasteiger partial charge in [-0.3, -0.25) is 14.9 Å². The molecule has 0 aliphatic carbocycles. The van der Waals surface area contributed by atoms with Gasteiger partial charge in [-0.05, 0) is 23.9 Å². The van der Waals surface area contributed by atoms with Gasteiger partial charge in [-0.2, -0.15) is 0 Å². The van der Waals surface area contributed by atoms with Crippen molar-refractivity contribution in [3.63, 3.8) is 0 Å². The summed E-state index contributed by atoms with van der Waals surface area (Å²) in [5, 5.41) is 1.48. The van der Waals surface area contributed by atoms with Crippen LogP contribution in [0.25, 0.3) is 0 Å². The average molecular weight is 197 g/mol. The highest BCUT2D eigenvalue weighted by molar-refractivity contribution is 8.15. The van der Waals surface area contributed by atoms with Gasteiger partial charge in [0.1, 0.15) is 11.0 Å². The molecule has 0 aromatic carbocycles. The fourth-order valence-corrected chi connectivity index (χ4v) is 1.88. The molecule has 2 heterocycles. The Balaban J connectivity index is 2.06. The highest BCUT2D eigenvalue weighted by atomic mass is 32.2. The van der Waals surface area contributed by atoms with Crippen molar-refractivity contribution >= 4 is 22.9 Å². The van der Waals surface area contributed by atoms with Crippen molar-refractivity contribution in [1.82, 2.24) is 5.32 Å². The number of ether oxygens (including phenoxy) is 1. The van der Waals surface area contributed by atoms with Gasteiger partial charge in [-0.1, -0.05) is 0 Å². The molecule has 0 saturated carbocycles. The fraction of sp³-hybridized carbons (Fsp3) is 0.250. The van der Waals surface area contributed by atoms with Crippen LogP contribution in [0.4, 0.5) is 4.79 Å². The summed E-state index contributed by atoms with van der Waals surface area (Å²) >= 11 is 0.977. The second kappa shape index (κ2) is 3.26. The lowest BCUT2D eigenvalue weighted by atomic mass is 10.3. The van der Waals surface area contributed by atoms with Crippen molar-refractivity contribution in [3.8, 4) is 0 Å². The summed E-state index contributed by atoms with van der Waals surface area (Å²) in [4.78, 5) is 21.9. The molecule has 0 aromatic rings.